The van der Waals surface area contributed by atoms with Gasteiger partial charge in [0.2, 0.25) is 0 Å². The number of rotatable bonds is 5. The van der Waals surface area contributed by atoms with E-state index in [2.05, 4.69) is 46.2 Å². The molecule has 0 atom stereocenters. The molecule has 28 heavy (non-hydrogen) atoms. The molecule has 0 saturated heterocycles. The molecule has 0 aliphatic rings. The van der Waals surface area contributed by atoms with E-state index in [0.717, 1.165) is 28.0 Å². The summed E-state index contributed by atoms with van der Waals surface area (Å²) in [5, 5.41) is 7.82. The molecule has 0 aliphatic carbocycles. The third kappa shape index (κ3) is 3.41. The van der Waals surface area contributed by atoms with E-state index in [9.17, 15) is 4.39 Å². The number of nitrogens with one attached hydrogen (secondary N) is 1. The van der Waals surface area contributed by atoms with Crippen molar-refractivity contribution < 1.29 is 4.39 Å². The highest BCUT2D eigenvalue weighted by Gasteiger charge is 2.13. The lowest BCUT2D eigenvalue weighted by Crippen LogP contribution is -2.09. The minimum Gasteiger partial charge on any atom is -0.366 e. The summed E-state index contributed by atoms with van der Waals surface area (Å²) >= 11 is 0. The van der Waals surface area contributed by atoms with Crippen molar-refractivity contribution >= 4 is 30.3 Å². The van der Waals surface area contributed by atoms with Crippen molar-refractivity contribution in [2.24, 2.45) is 0 Å². The number of nitrogens with zero attached hydrogens (tertiary/aromatic N) is 3. The minimum absolute atomic E-state index is 0.294. The molecule has 0 bridgehead atoms. The predicted molar refractivity (Wildman–Crippen MR) is 115 cm³/mol. The number of anilines is 1. The standard InChI is InChI=1S/C22H20BFN4/c1-14(2)16-9-7-15(8-10-16)12-25-21-11-20(17-5-3-4-6-19(17)24)27-22-18(23)13-26-28(21)22/h3-11,13,25H,1,12,23H2,2H3. The molecule has 0 unspecified atom stereocenters. The van der Waals surface area contributed by atoms with E-state index in [1.54, 1.807) is 22.8 Å². The monoisotopic (exact) mass is 370 g/mol. The van der Waals surface area contributed by atoms with Crippen molar-refractivity contribution in [3.05, 3.63) is 84.3 Å². The van der Waals surface area contributed by atoms with E-state index in [0.29, 0.717) is 23.4 Å². The van der Waals surface area contributed by atoms with Gasteiger partial charge >= 0.3 is 0 Å². The Kier molecular flexibility index (Phi) is 4.69. The predicted octanol–water partition coefficient (Wildman–Crippen LogP) is 3.44. The second-order valence-electron chi connectivity index (χ2n) is 6.90. The lowest BCUT2D eigenvalue weighted by molar-refractivity contribution is 0.630. The van der Waals surface area contributed by atoms with Crippen LogP contribution in [0.25, 0.3) is 22.5 Å². The zero-order chi connectivity index (χ0) is 19.7. The first-order valence-electron chi connectivity index (χ1n) is 9.12. The molecule has 0 fully saturated rings. The molecule has 0 radical (unpaired) electrons. The summed E-state index contributed by atoms with van der Waals surface area (Å²) in [5.41, 5.74) is 5.99. The summed E-state index contributed by atoms with van der Waals surface area (Å²) in [4.78, 5) is 4.62. The van der Waals surface area contributed by atoms with Crippen LogP contribution in [0.4, 0.5) is 10.2 Å². The second-order valence-corrected chi connectivity index (χ2v) is 6.90. The number of fused-ring (bicyclic) bond motifs is 1. The zero-order valence-corrected chi connectivity index (χ0v) is 15.9. The van der Waals surface area contributed by atoms with Crippen molar-refractivity contribution in [1.82, 2.24) is 14.6 Å². The maximum Gasteiger partial charge on any atom is 0.151 e. The first-order valence-corrected chi connectivity index (χ1v) is 9.12. The fourth-order valence-electron chi connectivity index (χ4n) is 3.11. The van der Waals surface area contributed by atoms with Crippen molar-refractivity contribution in [3.8, 4) is 11.3 Å². The Morgan fingerprint density at radius 3 is 2.64 bits per heavy atom. The minimum atomic E-state index is -0.294. The van der Waals surface area contributed by atoms with E-state index in [4.69, 9.17) is 0 Å². The first kappa shape index (κ1) is 18.0. The Balaban J connectivity index is 1.69. The number of benzene rings is 2. The van der Waals surface area contributed by atoms with Crippen LogP contribution in [0.5, 0.6) is 0 Å². The number of aromatic nitrogens is 3. The Morgan fingerprint density at radius 2 is 1.93 bits per heavy atom. The molecule has 0 spiro atoms. The molecule has 2 aromatic heterocycles. The average molecular weight is 370 g/mol. The summed E-state index contributed by atoms with van der Waals surface area (Å²) in [7, 11) is 1.95. The van der Waals surface area contributed by atoms with Crippen molar-refractivity contribution in [3.63, 3.8) is 0 Å². The molecule has 0 aliphatic heterocycles. The van der Waals surface area contributed by atoms with E-state index in [1.807, 2.05) is 26.9 Å². The highest BCUT2D eigenvalue weighted by Crippen LogP contribution is 2.24. The Labute approximate surface area is 164 Å². The van der Waals surface area contributed by atoms with Gasteiger partial charge in [0, 0.05) is 24.4 Å². The molecule has 0 saturated carbocycles. The lowest BCUT2D eigenvalue weighted by Gasteiger charge is -2.12. The molecule has 4 rings (SSSR count). The largest absolute Gasteiger partial charge is 0.366 e. The molecule has 4 nitrogen and oxygen atoms in total. The lowest BCUT2D eigenvalue weighted by atomic mass is 10.0. The molecule has 0 amide bonds. The summed E-state index contributed by atoms with van der Waals surface area (Å²) in [6.07, 6.45) is 1.76. The number of hydrogen-bond acceptors (Lipinski definition) is 3. The summed E-state index contributed by atoms with van der Waals surface area (Å²) in [6, 6.07) is 16.8. The van der Waals surface area contributed by atoms with E-state index >= 15 is 0 Å². The third-order valence-corrected chi connectivity index (χ3v) is 4.72. The number of hydrogen-bond donors (Lipinski definition) is 1. The average Bonchev–Trinajstić information content (AvgIpc) is 3.08. The van der Waals surface area contributed by atoms with Crippen molar-refractivity contribution in [2.45, 2.75) is 13.5 Å². The first-order chi connectivity index (χ1) is 13.5. The maximum atomic E-state index is 14.3. The summed E-state index contributed by atoms with van der Waals surface area (Å²) < 4.78 is 16.0. The van der Waals surface area contributed by atoms with Crippen LogP contribution in [0.2, 0.25) is 0 Å². The number of halogens is 1. The quantitative estimate of drug-likeness (QED) is 0.548. The highest BCUT2D eigenvalue weighted by molar-refractivity contribution is 6.36. The van der Waals surface area contributed by atoms with Gasteiger partial charge in [0.05, 0.1) is 5.69 Å². The second kappa shape index (κ2) is 7.31. The van der Waals surface area contributed by atoms with Crippen LogP contribution in [0.3, 0.4) is 0 Å². The fourth-order valence-corrected chi connectivity index (χ4v) is 3.11. The van der Waals surface area contributed by atoms with Gasteiger partial charge in [-0.1, -0.05) is 48.6 Å². The van der Waals surface area contributed by atoms with E-state index in [-0.39, 0.29) is 5.82 Å². The van der Waals surface area contributed by atoms with Gasteiger partial charge < -0.3 is 5.32 Å². The third-order valence-electron chi connectivity index (χ3n) is 4.72. The van der Waals surface area contributed by atoms with Crippen LogP contribution in [-0.4, -0.2) is 22.4 Å². The molecule has 1 N–H and O–H groups in total. The van der Waals surface area contributed by atoms with Crippen LogP contribution in [-0.2, 0) is 6.54 Å². The highest BCUT2D eigenvalue weighted by atomic mass is 19.1. The van der Waals surface area contributed by atoms with Crippen LogP contribution in [0, 0.1) is 5.82 Å². The molecule has 4 aromatic rings. The summed E-state index contributed by atoms with van der Waals surface area (Å²) in [6.45, 7) is 6.57. The van der Waals surface area contributed by atoms with Crippen LogP contribution in [0.15, 0.2) is 67.4 Å². The Hall–Kier alpha value is -3.41. The maximum absolute atomic E-state index is 14.3. The molecule has 6 heteroatoms. The SMILES string of the molecule is Bc1cnn2c(NCc3ccc(C(=C)C)cc3)cc(-c3ccccc3F)nc12. The van der Waals surface area contributed by atoms with Gasteiger partial charge in [-0.3, -0.25) is 0 Å². The molecular formula is C22H20BFN4. The Bertz CT molecular complexity index is 1170. The van der Waals surface area contributed by atoms with Crippen LogP contribution >= 0.6 is 0 Å². The molecule has 2 aromatic carbocycles. The smallest absolute Gasteiger partial charge is 0.151 e. The van der Waals surface area contributed by atoms with Gasteiger partial charge in [-0.2, -0.15) is 9.61 Å². The van der Waals surface area contributed by atoms with Gasteiger partial charge in [-0.05, 0) is 35.6 Å². The molecule has 138 valence electrons. The van der Waals surface area contributed by atoms with Gasteiger partial charge in [0.15, 0.2) is 5.65 Å². The topological polar surface area (TPSA) is 42.2 Å². The van der Waals surface area contributed by atoms with Gasteiger partial charge in [-0.15, -0.1) is 0 Å². The molecule has 2 heterocycles. The van der Waals surface area contributed by atoms with Crippen molar-refractivity contribution in [1.29, 1.82) is 0 Å². The normalized spacial score (nSPS) is 10.9. The van der Waals surface area contributed by atoms with Crippen LogP contribution in [0.1, 0.15) is 18.1 Å². The van der Waals surface area contributed by atoms with E-state index < -0.39 is 0 Å². The Morgan fingerprint density at radius 1 is 1.18 bits per heavy atom. The number of allylic oxidation sites excluding steroid dienone is 1. The molecular weight excluding hydrogens is 350 g/mol. The summed E-state index contributed by atoms with van der Waals surface area (Å²) in [5.74, 6) is 0.471. The van der Waals surface area contributed by atoms with Gasteiger partial charge in [0.25, 0.3) is 0 Å². The fraction of sp³-hybridized carbons (Fsp3) is 0.0909. The van der Waals surface area contributed by atoms with Crippen molar-refractivity contribution in [2.75, 3.05) is 5.32 Å². The van der Waals surface area contributed by atoms with Gasteiger partial charge in [-0.25, -0.2) is 9.37 Å². The van der Waals surface area contributed by atoms with E-state index in [1.165, 1.54) is 6.07 Å². The van der Waals surface area contributed by atoms with Gasteiger partial charge in [0.1, 0.15) is 19.5 Å². The van der Waals surface area contributed by atoms with Crippen LogP contribution < -0.4 is 10.8 Å². The zero-order valence-electron chi connectivity index (χ0n) is 15.9.